The quantitative estimate of drug-likeness (QED) is 0.316. The lowest BCUT2D eigenvalue weighted by Crippen LogP contribution is -2.55. The molecule has 0 radical (unpaired) electrons. The van der Waals surface area contributed by atoms with E-state index in [4.69, 9.17) is 21.1 Å². The van der Waals surface area contributed by atoms with Gasteiger partial charge in [0.05, 0.1) is 19.3 Å². The van der Waals surface area contributed by atoms with Gasteiger partial charge in [0.25, 0.3) is 0 Å². The second-order valence-electron chi connectivity index (χ2n) is 10.1. The van der Waals surface area contributed by atoms with Crippen molar-refractivity contribution in [2.45, 2.75) is 39.0 Å². The molecule has 0 bridgehead atoms. The molecule has 0 aromatic heterocycles. The molecule has 1 heterocycles. The van der Waals surface area contributed by atoms with Gasteiger partial charge in [0.1, 0.15) is 6.04 Å². The molecule has 1 saturated heterocycles. The maximum atomic E-state index is 13.1. The number of hydrogen-bond donors (Lipinski definition) is 1. The van der Waals surface area contributed by atoms with Crippen LogP contribution in [0.1, 0.15) is 35.3 Å². The first kappa shape index (κ1) is 29.6. The molecular weight excluding hydrogens is 526 g/mol. The molecule has 7 nitrogen and oxygen atoms in total. The van der Waals surface area contributed by atoms with Crippen molar-refractivity contribution in [3.63, 3.8) is 0 Å². The van der Waals surface area contributed by atoms with Crippen LogP contribution in [0.3, 0.4) is 0 Å². The van der Waals surface area contributed by atoms with Crippen molar-refractivity contribution in [1.82, 2.24) is 15.1 Å². The van der Waals surface area contributed by atoms with Crippen molar-refractivity contribution in [3.8, 4) is 0 Å². The Bertz CT molecular complexity index is 1230. The zero-order valence-electron chi connectivity index (χ0n) is 23.2. The van der Waals surface area contributed by atoms with Gasteiger partial charge in [-0.3, -0.25) is 4.90 Å². The van der Waals surface area contributed by atoms with E-state index in [2.05, 4.69) is 35.3 Å². The maximum absolute atomic E-state index is 13.1. The number of nitrogens with one attached hydrogen (secondary N) is 1. The summed E-state index contributed by atoms with van der Waals surface area (Å²) >= 11 is 6.14. The zero-order chi connectivity index (χ0) is 28.3. The number of halogens is 1. The van der Waals surface area contributed by atoms with E-state index in [1.807, 2.05) is 60.7 Å². The average molecular weight is 564 g/mol. The highest BCUT2D eigenvalue weighted by Gasteiger charge is 2.28. The number of urea groups is 1. The lowest BCUT2D eigenvalue weighted by atomic mass is 10.1. The topological polar surface area (TPSA) is 71.1 Å². The molecule has 2 amide bonds. The highest BCUT2D eigenvalue weighted by atomic mass is 35.5. The fourth-order valence-electron chi connectivity index (χ4n) is 4.82. The summed E-state index contributed by atoms with van der Waals surface area (Å²) < 4.78 is 11.6. The standard InChI is InChI=1S/C32H38ClN3O4/c1-3-39-31(37)29(21-25-9-5-4-6-10-25)34-32(38)36-18-16-35(17-19-36)22-30(27-12-14-28(33)15-13-27)40-23-26-11-7-8-24(2)20-26/h4-15,20,29-30H,3,16-19,21-23H2,1-2H3,(H,34,38)/t29-,30+/m1/s1. The van der Waals surface area contributed by atoms with Crippen LogP contribution in [0.4, 0.5) is 4.79 Å². The summed E-state index contributed by atoms with van der Waals surface area (Å²) in [6.07, 6.45) is 0.240. The second-order valence-corrected chi connectivity index (χ2v) is 10.5. The average Bonchev–Trinajstić information content (AvgIpc) is 2.96. The molecule has 40 heavy (non-hydrogen) atoms. The van der Waals surface area contributed by atoms with Crippen molar-refractivity contribution in [2.75, 3.05) is 39.3 Å². The Morgan fingerprint density at radius 3 is 2.30 bits per heavy atom. The number of benzene rings is 3. The van der Waals surface area contributed by atoms with Crippen LogP contribution in [0.15, 0.2) is 78.9 Å². The molecule has 1 N–H and O–H groups in total. The predicted octanol–water partition coefficient (Wildman–Crippen LogP) is 5.41. The monoisotopic (exact) mass is 563 g/mol. The van der Waals surface area contributed by atoms with E-state index in [1.54, 1.807) is 11.8 Å². The van der Waals surface area contributed by atoms with Crippen LogP contribution in [-0.2, 0) is 27.3 Å². The minimum Gasteiger partial charge on any atom is -0.464 e. The summed E-state index contributed by atoms with van der Waals surface area (Å²) in [5.74, 6) is -0.421. The molecule has 212 valence electrons. The van der Waals surface area contributed by atoms with Gasteiger partial charge in [-0.2, -0.15) is 0 Å². The van der Waals surface area contributed by atoms with Gasteiger partial charge < -0.3 is 19.7 Å². The number of esters is 1. The molecule has 1 fully saturated rings. The number of ether oxygens (including phenoxy) is 2. The van der Waals surface area contributed by atoms with E-state index in [-0.39, 0.29) is 18.7 Å². The van der Waals surface area contributed by atoms with Crippen LogP contribution < -0.4 is 5.32 Å². The SMILES string of the molecule is CCOC(=O)[C@@H](Cc1ccccc1)NC(=O)N1CCN(C[C@H](OCc2cccc(C)c2)c2ccc(Cl)cc2)CC1. The Morgan fingerprint density at radius 2 is 1.62 bits per heavy atom. The van der Waals surface area contributed by atoms with E-state index < -0.39 is 12.0 Å². The van der Waals surface area contributed by atoms with Gasteiger partial charge in [-0.1, -0.05) is 83.9 Å². The third kappa shape index (κ3) is 8.81. The second kappa shape index (κ2) is 14.8. The van der Waals surface area contributed by atoms with Gasteiger partial charge in [-0.25, -0.2) is 9.59 Å². The van der Waals surface area contributed by atoms with Crippen LogP contribution in [0.5, 0.6) is 0 Å². The van der Waals surface area contributed by atoms with Crippen LogP contribution in [0.2, 0.25) is 5.02 Å². The summed E-state index contributed by atoms with van der Waals surface area (Å²) in [6, 6.07) is 24.8. The molecule has 3 aromatic carbocycles. The first-order chi connectivity index (χ1) is 19.4. The van der Waals surface area contributed by atoms with Gasteiger partial charge in [0.15, 0.2) is 0 Å². The number of carbonyl (C=O) groups excluding carboxylic acids is 2. The number of nitrogens with zero attached hydrogens (tertiary/aromatic N) is 2. The Hall–Kier alpha value is -3.39. The molecule has 1 aliphatic rings. The molecule has 0 saturated carbocycles. The highest BCUT2D eigenvalue weighted by Crippen LogP contribution is 2.23. The molecule has 2 atom stereocenters. The molecule has 8 heteroatoms. The van der Waals surface area contributed by atoms with Gasteiger partial charge in [0.2, 0.25) is 0 Å². The first-order valence-corrected chi connectivity index (χ1v) is 14.2. The number of amides is 2. The van der Waals surface area contributed by atoms with Gasteiger partial charge in [-0.15, -0.1) is 0 Å². The molecule has 3 aromatic rings. The van der Waals surface area contributed by atoms with Crippen molar-refractivity contribution >= 4 is 23.6 Å². The zero-order valence-corrected chi connectivity index (χ0v) is 24.0. The first-order valence-electron chi connectivity index (χ1n) is 13.8. The minimum absolute atomic E-state index is 0.141. The Kier molecular flexibility index (Phi) is 11.0. The van der Waals surface area contributed by atoms with E-state index in [0.717, 1.165) is 16.7 Å². The molecule has 0 spiro atoms. The smallest absolute Gasteiger partial charge is 0.329 e. The number of piperazine rings is 1. The molecule has 4 rings (SSSR count). The minimum atomic E-state index is -0.739. The van der Waals surface area contributed by atoms with E-state index >= 15 is 0 Å². The van der Waals surface area contributed by atoms with E-state index in [1.165, 1.54) is 5.56 Å². The van der Waals surface area contributed by atoms with Gasteiger partial charge in [0, 0.05) is 44.2 Å². The highest BCUT2D eigenvalue weighted by molar-refractivity contribution is 6.30. The summed E-state index contributed by atoms with van der Waals surface area (Å²) in [6.45, 7) is 7.82. The van der Waals surface area contributed by atoms with Crippen LogP contribution >= 0.6 is 11.6 Å². The largest absolute Gasteiger partial charge is 0.464 e. The maximum Gasteiger partial charge on any atom is 0.329 e. The number of rotatable bonds is 11. The number of aryl methyl sites for hydroxylation is 1. The lowest BCUT2D eigenvalue weighted by molar-refractivity contribution is -0.145. The molecule has 0 aliphatic carbocycles. The summed E-state index contributed by atoms with van der Waals surface area (Å²) in [7, 11) is 0. The summed E-state index contributed by atoms with van der Waals surface area (Å²) in [4.78, 5) is 29.8. The summed E-state index contributed by atoms with van der Waals surface area (Å²) in [5.41, 5.74) is 4.36. The summed E-state index contributed by atoms with van der Waals surface area (Å²) in [5, 5.41) is 3.60. The molecule has 0 unspecified atom stereocenters. The Balaban J connectivity index is 1.34. The van der Waals surface area contributed by atoms with E-state index in [0.29, 0.717) is 50.8 Å². The van der Waals surface area contributed by atoms with Crippen molar-refractivity contribution in [2.24, 2.45) is 0 Å². The fourth-order valence-corrected chi connectivity index (χ4v) is 4.95. The van der Waals surface area contributed by atoms with Crippen molar-refractivity contribution in [3.05, 3.63) is 106 Å². The molecular formula is C32H38ClN3O4. The van der Waals surface area contributed by atoms with Gasteiger partial charge >= 0.3 is 12.0 Å². The molecule has 1 aliphatic heterocycles. The Labute approximate surface area is 242 Å². The van der Waals surface area contributed by atoms with Crippen LogP contribution in [0.25, 0.3) is 0 Å². The van der Waals surface area contributed by atoms with Gasteiger partial charge in [-0.05, 0) is 42.7 Å². The van der Waals surface area contributed by atoms with Crippen LogP contribution in [0, 0.1) is 6.92 Å². The Morgan fingerprint density at radius 1 is 0.925 bits per heavy atom. The van der Waals surface area contributed by atoms with Crippen LogP contribution in [-0.4, -0.2) is 67.2 Å². The normalized spacial score (nSPS) is 15.3. The number of carbonyl (C=O) groups is 2. The predicted molar refractivity (Wildman–Crippen MR) is 157 cm³/mol. The number of hydrogen-bond acceptors (Lipinski definition) is 5. The third-order valence-electron chi connectivity index (χ3n) is 7.01. The lowest BCUT2D eigenvalue weighted by Gasteiger charge is -2.37. The third-order valence-corrected chi connectivity index (χ3v) is 7.26. The van der Waals surface area contributed by atoms with Crippen molar-refractivity contribution in [1.29, 1.82) is 0 Å². The van der Waals surface area contributed by atoms with E-state index in [9.17, 15) is 9.59 Å². The fraction of sp³-hybridized carbons (Fsp3) is 0.375. The van der Waals surface area contributed by atoms with Crippen molar-refractivity contribution < 1.29 is 19.1 Å².